The second-order valence-electron chi connectivity index (χ2n) is 4.89. The first-order valence-electron chi connectivity index (χ1n) is 7.06. The van der Waals surface area contributed by atoms with E-state index in [2.05, 4.69) is 15.6 Å². The molecule has 1 heterocycles. The summed E-state index contributed by atoms with van der Waals surface area (Å²) in [4.78, 5) is 16.2. The lowest BCUT2D eigenvalue weighted by atomic mass is 10.2. The average Bonchev–Trinajstić information content (AvgIpc) is 2.57. The summed E-state index contributed by atoms with van der Waals surface area (Å²) < 4.78 is 13.1. The fraction of sp³-hybridized carbons (Fsp3) is 0. The molecule has 0 saturated carbocycles. The molecule has 0 spiro atoms. The topological polar surface area (TPSA) is 54.0 Å². The smallest absolute Gasteiger partial charge is 0.256 e. The Morgan fingerprint density at radius 2 is 1.74 bits per heavy atom. The van der Waals surface area contributed by atoms with Gasteiger partial charge in [-0.15, -0.1) is 0 Å². The fourth-order valence-electron chi connectivity index (χ4n) is 2.05. The molecule has 0 aliphatic rings. The van der Waals surface area contributed by atoms with E-state index in [4.69, 9.17) is 0 Å². The molecule has 114 valence electrons. The van der Waals surface area contributed by atoms with Crippen molar-refractivity contribution in [2.75, 3.05) is 10.6 Å². The molecule has 2 aromatic carbocycles. The summed E-state index contributed by atoms with van der Waals surface area (Å²) in [5, 5.41) is 5.83. The number of aromatic nitrogens is 1. The van der Waals surface area contributed by atoms with E-state index in [0.717, 1.165) is 11.4 Å². The number of carbonyl (C=O) groups is 1. The van der Waals surface area contributed by atoms with Gasteiger partial charge in [0, 0.05) is 11.3 Å². The van der Waals surface area contributed by atoms with E-state index in [0.29, 0.717) is 5.82 Å². The van der Waals surface area contributed by atoms with Crippen molar-refractivity contribution >= 4 is 23.1 Å². The highest BCUT2D eigenvalue weighted by atomic mass is 19.1. The van der Waals surface area contributed by atoms with Gasteiger partial charge in [-0.05, 0) is 42.5 Å². The number of benzene rings is 2. The van der Waals surface area contributed by atoms with Crippen molar-refractivity contribution in [1.29, 1.82) is 0 Å². The molecule has 4 nitrogen and oxygen atoms in total. The summed E-state index contributed by atoms with van der Waals surface area (Å²) in [6.45, 7) is 0. The van der Waals surface area contributed by atoms with Crippen molar-refractivity contribution in [1.82, 2.24) is 4.98 Å². The van der Waals surface area contributed by atoms with Crippen LogP contribution in [0.2, 0.25) is 0 Å². The van der Waals surface area contributed by atoms with Crippen molar-refractivity contribution < 1.29 is 9.18 Å². The second-order valence-corrected chi connectivity index (χ2v) is 4.89. The predicted octanol–water partition coefficient (Wildman–Crippen LogP) is 4.22. The molecule has 0 aliphatic heterocycles. The molecule has 1 amide bonds. The van der Waals surface area contributed by atoms with E-state index in [-0.39, 0.29) is 5.56 Å². The SMILES string of the molecule is O=C(Nc1ccc(Nc2ccccc2)cn1)c1cccc(F)c1. The van der Waals surface area contributed by atoms with Gasteiger partial charge >= 0.3 is 0 Å². The Balaban J connectivity index is 1.67. The highest BCUT2D eigenvalue weighted by Gasteiger charge is 2.07. The van der Waals surface area contributed by atoms with Gasteiger partial charge in [0.25, 0.3) is 5.91 Å². The predicted molar refractivity (Wildman–Crippen MR) is 88.3 cm³/mol. The van der Waals surface area contributed by atoms with Crippen molar-refractivity contribution in [2.24, 2.45) is 0 Å². The van der Waals surface area contributed by atoms with Crippen molar-refractivity contribution in [3.8, 4) is 0 Å². The third kappa shape index (κ3) is 3.91. The maximum absolute atomic E-state index is 13.1. The van der Waals surface area contributed by atoms with E-state index in [1.165, 1.54) is 18.2 Å². The lowest BCUT2D eigenvalue weighted by Crippen LogP contribution is -2.13. The number of carbonyl (C=O) groups excluding carboxylic acids is 1. The summed E-state index contributed by atoms with van der Waals surface area (Å²) in [6, 6.07) is 18.7. The molecular weight excluding hydrogens is 293 g/mol. The minimum atomic E-state index is -0.451. The average molecular weight is 307 g/mol. The molecule has 3 aromatic rings. The number of nitrogens with one attached hydrogen (secondary N) is 2. The van der Waals surface area contributed by atoms with Crippen LogP contribution in [0.25, 0.3) is 0 Å². The first-order chi connectivity index (χ1) is 11.2. The first-order valence-corrected chi connectivity index (χ1v) is 7.06. The van der Waals surface area contributed by atoms with Crippen molar-refractivity contribution in [3.63, 3.8) is 0 Å². The largest absolute Gasteiger partial charge is 0.354 e. The Morgan fingerprint density at radius 3 is 2.43 bits per heavy atom. The number of hydrogen-bond acceptors (Lipinski definition) is 3. The molecule has 3 rings (SSSR count). The highest BCUT2D eigenvalue weighted by molar-refractivity contribution is 6.03. The van der Waals surface area contributed by atoms with Crippen LogP contribution < -0.4 is 10.6 Å². The molecule has 2 N–H and O–H groups in total. The normalized spacial score (nSPS) is 10.1. The van der Waals surface area contributed by atoms with Gasteiger partial charge in [0.05, 0.1) is 11.9 Å². The zero-order valence-electron chi connectivity index (χ0n) is 12.2. The molecule has 0 aliphatic carbocycles. The Morgan fingerprint density at radius 1 is 0.913 bits per heavy atom. The monoisotopic (exact) mass is 307 g/mol. The summed E-state index contributed by atoms with van der Waals surface area (Å²) in [5.74, 6) is -0.452. The minimum absolute atomic E-state index is 0.248. The Labute approximate surface area is 133 Å². The molecule has 0 atom stereocenters. The van der Waals surface area contributed by atoms with Crippen molar-refractivity contribution in [3.05, 3.63) is 84.3 Å². The van der Waals surface area contributed by atoms with Gasteiger partial charge in [-0.2, -0.15) is 0 Å². The van der Waals surface area contributed by atoms with Gasteiger partial charge in [-0.25, -0.2) is 9.37 Å². The quantitative estimate of drug-likeness (QED) is 0.759. The summed E-state index contributed by atoms with van der Waals surface area (Å²) in [6.07, 6.45) is 1.62. The van der Waals surface area contributed by atoms with Crippen LogP contribution in [0.5, 0.6) is 0 Å². The molecular formula is C18H14FN3O. The zero-order valence-corrected chi connectivity index (χ0v) is 12.2. The van der Waals surface area contributed by atoms with Crippen LogP contribution in [0.3, 0.4) is 0 Å². The highest BCUT2D eigenvalue weighted by Crippen LogP contribution is 2.17. The molecule has 23 heavy (non-hydrogen) atoms. The Hall–Kier alpha value is -3.21. The molecule has 5 heteroatoms. The second kappa shape index (κ2) is 6.70. The first kappa shape index (κ1) is 14.7. The van der Waals surface area contributed by atoms with Gasteiger partial charge in [-0.1, -0.05) is 24.3 Å². The van der Waals surface area contributed by atoms with Gasteiger partial charge in [0.1, 0.15) is 11.6 Å². The molecule has 0 radical (unpaired) electrons. The zero-order chi connectivity index (χ0) is 16.1. The number of anilines is 3. The lowest BCUT2D eigenvalue weighted by molar-refractivity contribution is 0.102. The number of nitrogens with zero attached hydrogens (tertiary/aromatic N) is 1. The number of halogens is 1. The van der Waals surface area contributed by atoms with E-state index in [1.54, 1.807) is 24.4 Å². The van der Waals surface area contributed by atoms with Crippen LogP contribution in [0.4, 0.5) is 21.6 Å². The molecule has 1 aromatic heterocycles. The van der Waals surface area contributed by atoms with Crippen LogP contribution >= 0.6 is 0 Å². The van der Waals surface area contributed by atoms with Crippen LogP contribution in [-0.2, 0) is 0 Å². The number of rotatable bonds is 4. The molecule has 0 fully saturated rings. The maximum atomic E-state index is 13.1. The molecule has 0 bridgehead atoms. The maximum Gasteiger partial charge on any atom is 0.256 e. The third-order valence-corrected chi connectivity index (χ3v) is 3.15. The minimum Gasteiger partial charge on any atom is -0.354 e. The molecule has 0 saturated heterocycles. The van der Waals surface area contributed by atoms with Crippen LogP contribution in [-0.4, -0.2) is 10.9 Å². The van der Waals surface area contributed by atoms with Gasteiger partial charge in [0.15, 0.2) is 0 Å². The third-order valence-electron chi connectivity index (χ3n) is 3.15. The van der Waals surface area contributed by atoms with Crippen LogP contribution in [0.1, 0.15) is 10.4 Å². The van der Waals surface area contributed by atoms with Gasteiger partial charge in [-0.3, -0.25) is 4.79 Å². The fourth-order valence-corrected chi connectivity index (χ4v) is 2.05. The van der Waals surface area contributed by atoms with Crippen LogP contribution in [0.15, 0.2) is 72.9 Å². The summed E-state index contributed by atoms with van der Waals surface area (Å²) in [7, 11) is 0. The van der Waals surface area contributed by atoms with E-state index in [9.17, 15) is 9.18 Å². The molecule has 0 unspecified atom stereocenters. The summed E-state index contributed by atoms with van der Waals surface area (Å²) >= 11 is 0. The number of pyridine rings is 1. The van der Waals surface area contributed by atoms with E-state index < -0.39 is 11.7 Å². The number of amides is 1. The standard InChI is InChI=1S/C18H14FN3O/c19-14-6-4-5-13(11-14)18(23)22-17-10-9-16(12-20-17)21-15-7-2-1-3-8-15/h1-12,21H,(H,20,22,23). The number of hydrogen-bond donors (Lipinski definition) is 2. The van der Waals surface area contributed by atoms with Gasteiger partial charge < -0.3 is 10.6 Å². The Bertz CT molecular complexity index is 804. The van der Waals surface area contributed by atoms with Crippen LogP contribution in [0, 0.1) is 5.82 Å². The van der Waals surface area contributed by atoms with Crippen molar-refractivity contribution in [2.45, 2.75) is 0 Å². The number of para-hydroxylation sites is 1. The lowest BCUT2D eigenvalue weighted by Gasteiger charge is -2.08. The van der Waals surface area contributed by atoms with E-state index >= 15 is 0 Å². The Kier molecular flexibility index (Phi) is 4.29. The summed E-state index contributed by atoms with van der Waals surface area (Å²) in [5.41, 5.74) is 2.00. The van der Waals surface area contributed by atoms with Gasteiger partial charge in [0.2, 0.25) is 0 Å². The van der Waals surface area contributed by atoms with E-state index in [1.807, 2.05) is 30.3 Å².